The van der Waals surface area contributed by atoms with Gasteiger partial charge in [-0.25, -0.2) is 13.1 Å². The van der Waals surface area contributed by atoms with Crippen molar-refractivity contribution in [3.05, 3.63) is 18.4 Å². The van der Waals surface area contributed by atoms with Crippen molar-refractivity contribution in [3.8, 4) is 0 Å². The molecule has 0 saturated carbocycles. The van der Waals surface area contributed by atoms with Crippen LogP contribution < -0.4 is 10.0 Å². The van der Waals surface area contributed by atoms with Gasteiger partial charge in [0.2, 0.25) is 5.09 Å². The Morgan fingerprint density at radius 2 is 2.20 bits per heavy atom. The minimum atomic E-state index is -3.48. The van der Waals surface area contributed by atoms with Crippen LogP contribution in [0.15, 0.2) is 27.9 Å². The van der Waals surface area contributed by atoms with Gasteiger partial charge < -0.3 is 9.73 Å². The standard InChI is InChI=1S/C8H14N2O3S.ClH/c1-7(9-2)6-10-14(11,12)8-4-3-5-13-8;/h3-5,7,9-10H,6H2,1-2H3;1H. The predicted octanol–water partition coefficient (Wildman–Crippen LogP) is 0.588. The maximum atomic E-state index is 11.5. The maximum Gasteiger partial charge on any atom is 0.273 e. The predicted molar refractivity (Wildman–Crippen MR) is 59.7 cm³/mol. The summed E-state index contributed by atoms with van der Waals surface area (Å²) in [4.78, 5) is 0. The average Bonchev–Trinajstić information content (AvgIpc) is 2.67. The van der Waals surface area contributed by atoms with Crippen LogP contribution in [0.1, 0.15) is 6.92 Å². The fourth-order valence-corrected chi connectivity index (χ4v) is 1.88. The van der Waals surface area contributed by atoms with Crippen molar-refractivity contribution < 1.29 is 12.8 Å². The lowest BCUT2D eigenvalue weighted by molar-refractivity contribution is 0.443. The summed E-state index contributed by atoms with van der Waals surface area (Å²) in [6.07, 6.45) is 1.33. The smallest absolute Gasteiger partial charge is 0.273 e. The summed E-state index contributed by atoms with van der Waals surface area (Å²) in [6, 6.07) is 3.03. The first-order valence-corrected chi connectivity index (χ1v) is 5.75. The van der Waals surface area contributed by atoms with Gasteiger partial charge in [-0.2, -0.15) is 0 Å². The second kappa shape index (κ2) is 6.12. The maximum absolute atomic E-state index is 11.5. The third-order valence-corrected chi connectivity index (χ3v) is 3.14. The van der Waals surface area contributed by atoms with E-state index in [1.54, 1.807) is 7.05 Å². The molecule has 0 spiro atoms. The molecule has 0 radical (unpaired) electrons. The van der Waals surface area contributed by atoms with Crippen LogP contribution in [0.5, 0.6) is 0 Å². The number of likely N-dealkylation sites (N-methyl/N-ethyl adjacent to an activating group) is 1. The quantitative estimate of drug-likeness (QED) is 0.807. The third kappa shape index (κ3) is 4.21. The van der Waals surface area contributed by atoms with Gasteiger partial charge >= 0.3 is 0 Å². The summed E-state index contributed by atoms with van der Waals surface area (Å²) in [5.41, 5.74) is 0. The summed E-state index contributed by atoms with van der Waals surface area (Å²) >= 11 is 0. The molecule has 0 saturated heterocycles. The van der Waals surface area contributed by atoms with Gasteiger partial charge in [0.1, 0.15) is 0 Å². The number of sulfonamides is 1. The highest BCUT2D eigenvalue weighted by Gasteiger charge is 2.16. The second-order valence-corrected chi connectivity index (χ2v) is 4.67. The number of halogens is 1. The molecule has 2 N–H and O–H groups in total. The van der Waals surface area contributed by atoms with Gasteiger partial charge in [-0.3, -0.25) is 0 Å². The molecule has 0 aliphatic rings. The van der Waals surface area contributed by atoms with Crippen LogP contribution in [0, 0.1) is 0 Å². The van der Waals surface area contributed by atoms with Crippen LogP contribution >= 0.6 is 12.4 Å². The van der Waals surface area contributed by atoms with E-state index in [-0.39, 0.29) is 23.5 Å². The van der Waals surface area contributed by atoms with Gasteiger partial charge in [-0.15, -0.1) is 12.4 Å². The van der Waals surface area contributed by atoms with Crippen molar-refractivity contribution in [2.24, 2.45) is 0 Å². The van der Waals surface area contributed by atoms with E-state index in [9.17, 15) is 8.42 Å². The molecule has 88 valence electrons. The molecule has 1 aromatic heterocycles. The lowest BCUT2D eigenvalue weighted by Gasteiger charge is -2.10. The fourth-order valence-electron chi connectivity index (χ4n) is 0.824. The molecule has 1 aromatic rings. The molecule has 15 heavy (non-hydrogen) atoms. The van der Waals surface area contributed by atoms with Gasteiger partial charge in [0, 0.05) is 12.6 Å². The second-order valence-electron chi connectivity index (χ2n) is 2.97. The Balaban J connectivity index is 0.00000196. The first kappa shape index (κ1) is 14.4. The molecular weight excluding hydrogens is 240 g/mol. The molecule has 1 rings (SSSR count). The molecule has 0 fully saturated rings. The molecule has 5 nitrogen and oxygen atoms in total. The van der Waals surface area contributed by atoms with Crippen molar-refractivity contribution in [1.82, 2.24) is 10.0 Å². The fraction of sp³-hybridized carbons (Fsp3) is 0.500. The van der Waals surface area contributed by atoms with E-state index < -0.39 is 10.0 Å². The van der Waals surface area contributed by atoms with Crippen LogP contribution in [-0.4, -0.2) is 28.1 Å². The number of hydrogen-bond acceptors (Lipinski definition) is 4. The summed E-state index contributed by atoms with van der Waals surface area (Å²) in [6.45, 7) is 2.21. The van der Waals surface area contributed by atoms with Crippen LogP contribution in [0.2, 0.25) is 0 Å². The zero-order chi connectivity index (χ0) is 10.6. The van der Waals surface area contributed by atoms with Gasteiger partial charge in [-0.05, 0) is 26.1 Å². The van der Waals surface area contributed by atoms with E-state index in [1.165, 1.54) is 18.4 Å². The van der Waals surface area contributed by atoms with E-state index in [4.69, 9.17) is 4.42 Å². The summed E-state index contributed by atoms with van der Waals surface area (Å²) in [5.74, 6) is 0. The van der Waals surface area contributed by atoms with Crippen LogP contribution in [0.25, 0.3) is 0 Å². The Labute approximate surface area is 95.7 Å². The Bertz CT molecular complexity index is 363. The molecule has 0 amide bonds. The highest BCUT2D eigenvalue weighted by Crippen LogP contribution is 2.07. The number of furan rings is 1. The zero-order valence-corrected chi connectivity index (χ0v) is 10.2. The number of hydrogen-bond donors (Lipinski definition) is 2. The van der Waals surface area contributed by atoms with Gasteiger partial charge in [0.05, 0.1) is 6.26 Å². The molecular formula is C8H15ClN2O3S. The lowest BCUT2D eigenvalue weighted by Crippen LogP contribution is -2.36. The summed E-state index contributed by atoms with van der Waals surface area (Å²) in [7, 11) is -1.71. The average molecular weight is 255 g/mol. The SMILES string of the molecule is CNC(C)CNS(=O)(=O)c1ccco1.Cl. The van der Waals surface area contributed by atoms with Crippen molar-refractivity contribution >= 4 is 22.4 Å². The van der Waals surface area contributed by atoms with Crippen LogP contribution in [0.4, 0.5) is 0 Å². The Morgan fingerprint density at radius 3 is 2.67 bits per heavy atom. The molecule has 0 aliphatic carbocycles. The third-order valence-electron chi connectivity index (χ3n) is 1.83. The molecule has 0 aliphatic heterocycles. The summed E-state index contributed by atoms with van der Waals surface area (Å²) in [5, 5.41) is 2.87. The molecule has 0 bridgehead atoms. The largest absolute Gasteiger partial charge is 0.452 e. The first-order chi connectivity index (χ1) is 6.56. The van der Waals surface area contributed by atoms with Crippen LogP contribution in [0.3, 0.4) is 0 Å². The normalized spacial score (nSPS) is 13.2. The molecule has 1 unspecified atom stereocenters. The number of rotatable bonds is 5. The Hall–Kier alpha value is -0.560. The van der Waals surface area contributed by atoms with Gasteiger partial charge in [0.15, 0.2) is 0 Å². The topological polar surface area (TPSA) is 71.3 Å². The molecule has 7 heteroatoms. The molecule has 1 heterocycles. The first-order valence-electron chi connectivity index (χ1n) is 4.26. The van der Waals surface area contributed by atoms with Crippen LogP contribution in [-0.2, 0) is 10.0 Å². The van der Waals surface area contributed by atoms with Crippen molar-refractivity contribution in [3.63, 3.8) is 0 Å². The van der Waals surface area contributed by atoms with E-state index in [0.717, 1.165) is 0 Å². The highest BCUT2D eigenvalue weighted by molar-refractivity contribution is 7.89. The Morgan fingerprint density at radius 1 is 1.53 bits per heavy atom. The van der Waals surface area contributed by atoms with E-state index in [1.807, 2.05) is 6.92 Å². The monoisotopic (exact) mass is 254 g/mol. The van der Waals surface area contributed by atoms with E-state index >= 15 is 0 Å². The van der Waals surface area contributed by atoms with E-state index in [2.05, 4.69) is 10.0 Å². The minimum Gasteiger partial charge on any atom is -0.452 e. The lowest BCUT2D eigenvalue weighted by atomic mass is 10.4. The zero-order valence-electron chi connectivity index (χ0n) is 8.56. The minimum absolute atomic E-state index is 0. The number of nitrogens with one attached hydrogen (secondary N) is 2. The van der Waals surface area contributed by atoms with Gasteiger partial charge in [0.25, 0.3) is 10.0 Å². The van der Waals surface area contributed by atoms with Crippen molar-refractivity contribution in [2.75, 3.05) is 13.6 Å². The highest BCUT2D eigenvalue weighted by atomic mass is 35.5. The molecule has 1 atom stereocenters. The Kier molecular flexibility index (Phi) is 5.89. The summed E-state index contributed by atoms with van der Waals surface area (Å²) < 4.78 is 30.2. The van der Waals surface area contributed by atoms with Crippen molar-refractivity contribution in [1.29, 1.82) is 0 Å². The molecule has 0 aromatic carbocycles. The van der Waals surface area contributed by atoms with E-state index in [0.29, 0.717) is 6.54 Å². The van der Waals surface area contributed by atoms with Gasteiger partial charge in [-0.1, -0.05) is 0 Å². The van der Waals surface area contributed by atoms with Crippen molar-refractivity contribution in [2.45, 2.75) is 18.1 Å².